The van der Waals surface area contributed by atoms with Gasteiger partial charge in [0.1, 0.15) is 0 Å². The lowest BCUT2D eigenvalue weighted by Gasteiger charge is -2.30. The molecule has 5 nitrogen and oxygen atoms in total. The minimum Gasteiger partial charge on any atom is -0.334 e. The van der Waals surface area contributed by atoms with Crippen molar-refractivity contribution < 1.29 is 18.4 Å². The van der Waals surface area contributed by atoms with E-state index in [4.69, 9.17) is 55.5 Å². The average molecular weight is 395 g/mol. The van der Waals surface area contributed by atoms with Gasteiger partial charge in [-0.05, 0) is 24.3 Å². The molecule has 0 spiro atoms. The number of alkyl halides is 3. The van der Waals surface area contributed by atoms with E-state index in [1.165, 1.54) is 24.3 Å². The Morgan fingerprint density at radius 1 is 1.19 bits per heavy atom. The lowest BCUT2D eigenvalue weighted by atomic mass is 10.2. The van der Waals surface area contributed by atoms with E-state index in [0.717, 1.165) is 14.2 Å². The Bertz CT molecular complexity index is 538. The fourth-order valence-electron chi connectivity index (χ4n) is 1.43. The smallest absolute Gasteiger partial charge is 0.334 e. The van der Waals surface area contributed by atoms with Crippen LogP contribution in [0.5, 0.6) is 0 Å². The Morgan fingerprint density at radius 2 is 1.67 bits per heavy atom. The van der Waals surface area contributed by atoms with Crippen molar-refractivity contribution in [3.8, 4) is 0 Å². The number of rotatable bonds is 5. The lowest BCUT2D eigenvalue weighted by molar-refractivity contribution is 0.0941. The molecule has 0 heterocycles. The van der Waals surface area contributed by atoms with Crippen LogP contribution in [-0.4, -0.2) is 29.7 Å². The SMILES string of the molecule is COP(=O)(OC)[C@H](NC(=O)c1ccc(Cl)cc1)C(Cl)(Cl)Cl. The molecule has 1 amide bonds. The number of hydrogen-bond donors (Lipinski definition) is 1. The van der Waals surface area contributed by atoms with Crippen molar-refractivity contribution in [2.24, 2.45) is 0 Å². The summed E-state index contributed by atoms with van der Waals surface area (Å²) < 4.78 is 19.8. The number of carbonyl (C=O) groups is 1. The maximum absolute atomic E-state index is 12.4. The molecule has 21 heavy (non-hydrogen) atoms. The molecular weight excluding hydrogens is 383 g/mol. The van der Waals surface area contributed by atoms with Crippen LogP contribution in [0.1, 0.15) is 10.4 Å². The molecule has 1 N–H and O–H groups in total. The number of halogens is 4. The molecule has 1 atom stereocenters. The largest absolute Gasteiger partial charge is 0.356 e. The fourth-order valence-corrected chi connectivity index (χ4v) is 4.00. The van der Waals surface area contributed by atoms with Crippen LogP contribution in [-0.2, 0) is 13.6 Å². The standard InChI is InChI=1S/C11H12Cl4NO4P/c1-19-21(18,20-2)10(11(13,14)15)16-9(17)7-3-5-8(12)6-4-7/h3-6,10H,1-2H3,(H,16,17)/t10-/m0/s1. The fraction of sp³-hybridized carbons (Fsp3) is 0.364. The molecule has 1 aromatic carbocycles. The van der Waals surface area contributed by atoms with Gasteiger partial charge in [-0.2, -0.15) is 0 Å². The molecule has 0 aliphatic heterocycles. The third-order valence-corrected chi connectivity index (χ3v) is 6.04. The van der Waals surface area contributed by atoms with E-state index >= 15 is 0 Å². The second-order valence-corrected chi connectivity index (χ2v) is 8.96. The molecule has 118 valence electrons. The van der Waals surface area contributed by atoms with Crippen LogP contribution in [0, 0.1) is 0 Å². The summed E-state index contributed by atoms with van der Waals surface area (Å²) in [6.45, 7) is 0. The van der Waals surface area contributed by atoms with Crippen LogP contribution in [0.15, 0.2) is 24.3 Å². The van der Waals surface area contributed by atoms with Gasteiger partial charge in [0.15, 0.2) is 5.78 Å². The van der Waals surface area contributed by atoms with Gasteiger partial charge in [-0.25, -0.2) is 0 Å². The number of benzene rings is 1. The van der Waals surface area contributed by atoms with Crippen LogP contribution in [0.25, 0.3) is 0 Å². The van der Waals surface area contributed by atoms with Crippen LogP contribution < -0.4 is 5.32 Å². The number of nitrogens with one attached hydrogen (secondary N) is 1. The zero-order valence-electron chi connectivity index (χ0n) is 11.0. The number of hydrogen-bond acceptors (Lipinski definition) is 4. The molecule has 0 saturated carbocycles. The van der Waals surface area contributed by atoms with Gasteiger partial charge in [0.05, 0.1) is 0 Å². The van der Waals surface area contributed by atoms with Crippen molar-refractivity contribution in [2.75, 3.05) is 14.2 Å². The van der Waals surface area contributed by atoms with Gasteiger partial charge in [0.2, 0.25) is 3.79 Å². The molecule has 1 aromatic rings. The molecule has 0 unspecified atom stereocenters. The Morgan fingerprint density at radius 3 is 2.05 bits per heavy atom. The van der Waals surface area contributed by atoms with Gasteiger partial charge >= 0.3 is 7.60 Å². The zero-order chi connectivity index (χ0) is 16.3. The van der Waals surface area contributed by atoms with Crippen LogP contribution in [0.3, 0.4) is 0 Å². The number of carbonyl (C=O) groups excluding carboxylic acids is 1. The number of amides is 1. The van der Waals surface area contributed by atoms with Crippen molar-refractivity contribution >= 4 is 59.9 Å². The molecule has 0 aliphatic rings. The molecular formula is C11H12Cl4NO4P. The maximum Gasteiger partial charge on any atom is 0.356 e. The van der Waals surface area contributed by atoms with Gasteiger partial charge < -0.3 is 14.4 Å². The molecule has 0 radical (unpaired) electrons. The highest BCUT2D eigenvalue weighted by Gasteiger charge is 2.49. The van der Waals surface area contributed by atoms with Crippen molar-refractivity contribution in [2.45, 2.75) is 9.58 Å². The van der Waals surface area contributed by atoms with E-state index in [-0.39, 0.29) is 5.56 Å². The van der Waals surface area contributed by atoms with Crippen LogP contribution in [0.4, 0.5) is 0 Å². The normalized spacial score (nSPS) is 13.8. The first-order valence-electron chi connectivity index (χ1n) is 5.48. The summed E-state index contributed by atoms with van der Waals surface area (Å²) in [6, 6.07) is 5.98. The zero-order valence-corrected chi connectivity index (χ0v) is 14.9. The molecule has 0 aliphatic carbocycles. The Hall–Kier alpha value is -0.000000000000000111. The van der Waals surface area contributed by atoms with Crippen LogP contribution >= 0.6 is 54.0 Å². The highest BCUT2D eigenvalue weighted by molar-refractivity contribution is 7.55. The van der Waals surface area contributed by atoms with Gasteiger partial charge in [-0.15, -0.1) is 0 Å². The Labute approximate surface area is 142 Å². The van der Waals surface area contributed by atoms with E-state index in [2.05, 4.69) is 5.32 Å². The van der Waals surface area contributed by atoms with Crippen molar-refractivity contribution in [3.63, 3.8) is 0 Å². The van der Waals surface area contributed by atoms with Crippen molar-refractivity contribution in [3.05, 3.63) is 34.9 Å². The maximum atomic E-state index is 12.4. The predicted molar refractivity (Wildman–Crippen MR) is 84.6 cm³/mol. The molecule has 0 saturated heterocycles. The predicted octanol–water partition coefficient (Wildman–Crippen LogP) is 4.25. The molecule has 0 aromatic heterocycles. The molecule has 0 fully saturated rings. The topological polar surface area (TPSA) is 64.6 Å². The summed E-state index contributed by atoms with van der Waals surface area (Å²) in [5.41, 5.74) is 0.248. The van der Waals surface area contributed by atoms with Gasteiger partial charge in [-0.1, -0.05) is 46.4 Å². The first-order chi connectivity index (χ1) is 9.64. The minimum absolute atomic E-state index is 0.248. The molecule has 10 heteroatoms. The third-order valence-electron chi connectivity index (χ3n) is 2.51. The molecule has 1 rings (SSSR count). The van der Waals surface area contributed by atoms with E-state index in [0.29, 0.717) is 5.02 Å². The highest BCUT2D eigenvalue weighted by Crippen LogP contribution is 2.57. The Kier molecular flexibility index (Phi) is 6.81. The lowest BCUT2D eigenvalue weighted by Crippen LogP contribution is -2.44. The third kappa shape index (κ3) is 5.00. The summed E-state index contributed by atoms with van der Waals surface area (Å²) in [5.74, 6) is -2.09. The second kappa shape index (κ2) is 7.51. The Balaban J connectivity index is 3.05. The monoisotopic (exact) mass is 393 g/mol. The summed E-state index contributed by atoms with van der Waals surface area (Å²) >= 11 is 23.0. The average Bonchev–Trinajstić information content (AvgIpc) is 2.43. The van der Waals surface area contributed by atoms with Crippen molar-refractivity contribution in [1.29, 1.82) is 0 Å². The second-order valence-electron chi connectivity index (χ2n) is 3.83. The first-order valence-corrected chi connectivity index (χ1v) is 8.60. The molecule has 0 bridgehead atoms. The van der Waals surface area contributed by atoms with E-state index in [1.807, 2.05) is 0 Å². The van der Waals surface area contributed by atoms with Crippen molar-refractivity contribution in [1.82, 2.24) is 5.32 Å². The highest BCUT2D eigenvalue weighted by atomic mass is 35.6. The van der Waals surface area contributed by atoms with E-state index in [1.54, 1.807) is 0 Å². The van der Waals surface area contributed by atoms with E-state index < -0.39 is 23.1 Å². The summed E-state index contributed by atoms with van der Waals surface area (Å²) in [4.78, 5) is 12.1. The van der Waals surface area contributed by atoms with E-state index in [9.17, 15) is 9.36 Å². The van der Waals surface area contributed by atoms with Gasteiger partial charge in [0, 0.05) is 24.8 Å². The summed E-state index contributed by atoms with van der Waals surface area (Å²) in [6.07, 6.45) is 0. The minimum atomic E-state index is -3.85. The first kappa shape index (κ1) is 19.0. The van der Waals surface area contributed by atoms with Gasteiger partial charge in [0.25, 0.3) is 5.91 Å². The van der Waals surface area contributed by atoms with Crippen LogP contribution in [0.2, 0.25) is 5.02 Å². The summed E-state index contributed by atoms with van der Waals surface area (Å²) in [7, 11) is -1.60. The quantitative estimate of drug-likeness (QED) is 0.598. The summed E-state index contributed by atoms with van der Waals surface area (Å²) in [5, 5.41) is 2.81. The van der Waals surface area contributed by atoms with Gasteiger partial charge in [-0.3, -0.25) is 9.36 Å².